The second-order valence-electron chi connectivity index (χ2n) is 7.76. The molecule has 1 aliphatic heterocycles. The lowest BCUT2D eigenvalue weighted by Gasteiger charge is -2.14. The van der Waals surface area contributed by atoms with Crippen LogP contribution in [0.4, 0.5) is 5.69 Å². The molecular formula is C27H24Cl2N2O4S. The summed E-state index contributed by atoms with van der Waals surface area (Å²) in [5, 5.41) is 1.61. The van der Waals surface area contributed by atoms with Crippen LogP contribution in [0.3, 0.4) is 0 Å². The van der Waals surface area contributed by atoms with Crippen LogP contribution in [-0.2, 0) is 16.1 Å². The number of thioether (sulfide) groups is 1. The van der Waals surface area contributed by atoms with Gasteiger partial charge in [0.25, 0.3) is 5.91 Å². The van der Waals surface area contributed by atoms with E-state index in [-0.39, 0.29) is 5.91 Å². The molecule has 6 nitrogen and oxygen atoms in total. The van der Waals surface area contributed by atoms with E-state index in [1.54, 1.807) is 31.3 Å². The highest BCUT2D eigenvalue weighted by Crippen LogP contribution is 2.34. The normalized spacial score (nSPS) is 15.7. The Bertz CT molecular complexity index is 1280. The van der Waals surface area contributed by atoms with Gasteiger partial charge in [0.05, 0.1) is 40.9 Å². The van der Waals surface area contributed by atoms with Gasteiger partial charge < -0.3 is 14.2 Å². The quantitative estimate of drug-likeness (QED) is 0.277. The van der Waals surface area contributed by atoms with Gasteiger partial charge in [0.1, 0.15) is 18.1 Å². The molecule has 0 aromatic heterocycles. The van der Waals surface area contributed by atoms with E-state index in [4.69, 9.17) is 37.4 Å². The van der Waals surface area contributed by atoms with Gasteiger partial charge in [-0.05, 0) is 77.5 Å². The Kier molecular flexibility index (Phi) is 8.93. The molecule has 9 heteroatoms. The van der Waals surface area contributed by atoms with Crippen LogP contribution in [0.25, 0.3) is 6.08 Å². The Morgan fingerprint density at radius 1 is 0.944 bits per heavy atom. The maximum Gasteiger partial charge on any atom is 0.266 e. The van der Waals surface area contributed by atoms with Gasteiger partial charge in [0, 0.05) is 7.11 Å². The third-order valence-corrected chi connectivity index (χ3v) is 7.02. The van der Waals surface area contributed by atoms with Crippen LogP contribution in [0.1, 0.15) is 11.1 Å². The predicted molar refractivity (Wildman–Crippen MR) is 146 cm³/mol. The Balaban J connectivity index is 1.47. The molecule has 0 spiro atoms. The van der Waals surface area contributed by atoms with Gasteiger partial charge in [-0.25, -0.2) is 4.99 Å². The lowest BCUT2D eigenvalue weighted by atomic mass is 10.2. The van der Waals surface area contributed by atoms with E-state index in [0.29, 0.717) is 45.6 Å². The fourth-order valence-corrected chi connectivity index (χ4v) is 4.69. The predicted octanol–water partition coefficient (Wildman–Crippen LogP) is 6.83. The maximum absolute atomic E-state index is 13.1. The summed E-state index contributed by atoms with van der Waals surface area (Å²) in [7, 11) is 3.22. The van der Waals surface area contributed by atoms with E-state index in [1.807, 2.05) is 60.7 Å². The standard InChI is InChI=1S/C27H24Cl2N2O4S/c1-33-14-13-31-26(32)25(36-27(31)30-20-6-10-21(34-2)11-7-20)16-18-3-8-22(9-4-18)35-17-19-5-12-23(28)24(29)15-19/h3-12,15-16H,13-14,17H2,1-2H3/b25-16-,30-27?. The number of aliphatic imine (C=N–C) groups is 1. The maximum atomic E-state index is 13.1. The number of hydrogen-bond donors (Lipinski definition) is 0. The minimum atomic E-state index is -0.107. The Hall–Kier alpha value is -2.97. The van der Waals surface area contributed by atoms with Crippen LogP contribution in [0.15, 0.2) is 76.6 Å². The lowest BCUT2D eigenvalue weighted by molar-refractivity contribution is -0.122. The zero-order valence-corrected chi connectivity index (χ0v) is 22.1. The number of halogens is 2. The summed E-state index contributed by atoms with van der Waals surface area (Å²) < 4.78 is 16.2. The number of amidine groups is 1. The first kappa shape index (κ1) is 26.1. The van der Waals surface area contributed by atoms with Crippen molar-refractivity contribution >= 4 is 57.8 Å². The molecule has 0 radical (unpaired) electrons. The number of nitrogens with zero attached hydrogens (tertiary/aromatic N) is 2. The number of ether oxygens (including phenoxy) is 3. The van der Waals surface area contributed by atoms with Crippen LogP contribution in [-0.4, -0.2) is 43.3 Å². The van der Waals surface area contributed by atoms with Crippen molar-refractivity contribution in [2.24, 2.45) is 4.99 Å². The summed E-state index contributed by atoms with van der Waals surface area (Å²) in [5.41, 5.74) is 2.53. The van der Waals surface area contributed by atoms with Crippen molar-refractivity contribution in [2.75, 3.05) is 27.4 Å². The zero-order valence-electron chi connectivity index (χ0n) is 19.7. The molecule has 3 aromatic rings. The summed E-state index contributed by atoms with van der Waals surface area (Å²) in [5.74, 6) is 1.34. The third kappa shape index (κ3) is 6.62. The van der Waals surface area contributed by atoms with E-state index in [1.165, 1.54) is 11.8 Å². The van der Waals surface area contributed by atoms with Gasteiger partial charge in [-0.15, -0.1) is 0 Å². The first-order valence-electron chi connectivity index (χ1n) is 11.1. The fraction of sp³-hybridized carbons (Fsp3) is 0.185. The van der Waals surface area contributed by atoms with E-state index >= 15 is 0 Å². The number of carbonyl (C=O) groups excluding carboxylic acids is 1. The van der Waals surface area contributed by atoms with Crippen molar-refractivity contribution in [2.45, 2.75) is 6.61 Å². The van der Waals surface area contributed by atoms with E-state index in [2.05, 4.69) is 4.99 Å². The third-order valence-electron chi connectivity index (χ3n) is 5.27. The van der Waals surface area contributed by atoms with Crippen molar-refractivity contribution in [1.82, 2.24) is 4.90 Å². The van der Waals surface area contributed by atoms with Crippen LogP contribution < -0.4 is 9.47 Å². The highest BCUT2D eigenvalue weighted by Gasteiger charge is 2.33. The number of benzene rings is 3. The number of amides is 1. The molecule has 0 unspecified atom stereocenters. The number of methoxy groups -OCH3 is 2. The van der Waals surface area contributed by atoms with Gasteiger partial charge in [-0.2, -0.15) is 0 Å². The van der Waals surface area contributed by atoms with Crippen LogP contribution >= 0.6 is 35.0 Å². The molecule has 1 amide bonds. The van der Waals surface area contributed by atoms with Gasteiger partial charge >= 0.3 is 0 Å². The second-order valence-corrected chi connectivity index (χ2v) is 9.58. The Morgan fingerprint density at radius 2 is 1.67 bits per heavy atom. The molecule has 1 heterocycles. The Morgan fingerprint density at radius 3 is 2.33 bits per heavy atom. The van der Waals surface area contributed by atoms with Crippen molar-refractivity contribution in [3.8, 4) is 11.5 Å². The molecule has 0 atom stereocenters. The summed E-state index contributed by atoms with van der Waals surface area (Å²) in [4.78, 5) is 20.0. The fourth-order valence-electron chi connectivity index (χ4n) is 3.35. The highest BCUT2D eigenvalue weighted by atomic mass is 35.5. The molecule has 4 rings (SSSR count). The molecule has 0 bridgehead atoms. The molecule has 186 valence electrons. The lowest BCUT2D eigenvalue weighted by Crippen LogP contribution is -2.32. The molecular weight excluding hydrogens is 519 g/mol. The van der Waals surface area contributed by atoms with Crippen molar-refractivity contribution in [3.05, 3.63) is 92.8 Å². The largest absolute Gasteiger partial charge is 0.497 e. The first-order valence-corrected chi connectivity index (χ1v) is 12.6. The minimum Gasteiger partial charge on any atom is -0.497 e. The summed E-state index contributed by atoms with van der Waals surface area (Å²) in [6.45, 7) is 1.19. The second kappa shape index (κ2) is 12.3. The minimum absolute atomic E-state index is 0.107. The molecule has 3 aromatic carbocycles. The smallest absolute Gasteiger partial charge is 0.266 e. The van der Waals surface area contributed by atoms with Crippen molar-refractivity contribution < 1.29 is 19.0 Å². The molecule has 0 aliphatic carbocycles. The van der Waals surface area contributed by atoms with Crippen molar-refractivity contribution in [1.29, 1.82) is 0 Å². The average Bonchev–Trinajstić information content (AvgIpc) is 3.18. The highest BCUT2D eigenvalue weighted by molar-refractivity contribution is 8.18. The molecule has 0 N–H and O–H groups in total. The molecule has 1 fully saturated rings. The SMILES string of the molecule is COCCN1C(=O)/C(=C/c2ccc(OCc3ccc(Cl)c(Cl)c3)cc2)SC1=Nc1ccc(OC)cc1. The zero-order chi connectivity index (χ0) is 25.5. The van der Waals surface area contributed by atoms with Crippen molar-refractivity contribution in [3.63, 3.8) is 0 Å². The number of rotatable bonds is 9. The number of hydrogen-bond acceptors (Lipinski definition) is 6. The Labute approximate surface area is 224 Å². The van der Waals surface area contributed by atoms with Gasteiger partial charge in [-0.1, -0.05) is 41.4 Å². The van der Waals surface area contributed by atoms with Crippen LogP contribution in [0.2, 0.25) is 10.0 Å². The van der Waals surface area contributed by atoms with Gasteiger partial charge in [-0.3, -0.25) is 9.69 Å². The molecule has 1 saturated heterocycles. The first-order chi connectivity index (χ1) is 17.5. The van der Waals surface area contributed by atoms with E-state index in [0.717, 1.165) is 22.6 Å². The van der Waals surface area contributed by atoms with E-state index < -0.39 is 0 Å². The van der Waals surface area contributed by atoms with Crippen LogP contribution in [0, 0.1) is 0 Å². The summed E-state index contributed by atoms with van der Waals surface area (Å²) in [6, 6.07) is 20.3. The monoisotopic (exact) mass is 542 g/mol. The molecule has 1 aliphatic rings. The summed E-state index contributed by atoms with van der Waals surface area (Å²) in [6.07, 6.45) is 1.85. The van der Waals surface area contributed by atoms with Gasteiger partial charge in [0.2, 0.25) is 0 Å². The summed E-state index contributed by atoms with van der Waals surface area (Å²) >= 11 is 13.4. The number of carbonyl (C=O) groups is 1. The van der Waals surface area contributed by atoms with Crippen LogP contribution in [0.5, 0.6) is 11.5 Å². The van der Waals surface area contributed by atoms with Gasteiger partial charge in [0.15, 0.2) is 5.17 Å². The molecule has 36 heavy (non-hydrogen) atoms. The van der Waals surface area contributed by atoms with E-state index in [9.17, 15) is 4.79 Å². The average molecular weight is 543 g/mol. The topological polar surface area (TPSA) is 60.4 Å². The molecule has 0 saturated carbocycles.